The number of amides is 1. The van der Waals surface area contributed by atoms with Crippen molar-refractivity contribution in [2.24, 2.45) is 5.41 Å². The van der Waals surface area contributed by atoms with E-state index in [0.29, 0.717) is 24.8 Å². The van der Waals surface area contributed by atoms with Crippen LogP contribution in [0.1, 0.15) is 67.8 Å². The quantitative estimate of drug-likeness (QED) is 0.0823. The van der Waals surface area contributed by atoms with E-state index in [9.17, 15) is 34.8 Å². The maximum atomic E-state index is 14.3. The Hall–Kier alpha value is -4.14. The molecule has 0 radical (unpaired) electrons. The van der Waals surface area contributed by atoms with E-state index in [0.717, 1.165) is 145 Å². The molecule has 0 bridgehead atoms. The molecule has 3 N–H and O–H groups in total. The number of sulfonamides is 1. The highest BCUT2D eigenvalue weighted by Crippen LogP contribution is 2.44. The van der Waals surface area contributed by atoms with Gasteiger partial charge in [-0.25, -0.2) is 21.6 Å². The summed E-state index contributed by atoms with van der Waals surface area (Å²) in [4.78, 5) is 21.9. The van der Waals surface area contributed by atoms with Gasteiger partial charge in [-0.15, -0.1) is 11.8 Å². The number of sulfone groups is 1. The number of likely N-dealkylation sites (tertiary alicyclic amines) is 1. The summed E-state index contributed by atoms with van der Waals surface area (Å²) in [7, 11) is -10.9. The number of benzene rings is 4. The summed E-state index contributed by atoms with van der Waals surface area (Å²) < 4.78 is 98.3. The van der Waals surface area contributed by atoms with Gasteiger partial charge in [-0.2, -0.15) is 13.2 Å². The Labute approximate surface area is 426 Å². The number of allylic oxidation sites excluding steroid dienone is 1. The lowest BCUT2D eigenvalue weighted by Crippen LogP contribution is -2.49. The van der Waals surface area contributed by atoms with Gasteiger partial charge in [0.2, 0.25) is 0 Å². The highest BCUT2D eigenvalue weighted by atomic mass is 35.5. The van der Waals surface area contributed by atoms with E-state index in [1.807, 2.05) is 47.2 Å². The average Bonchev–Trinajstić information content (AvgIpc) is 3.36. The molecule has 4 aromatic carbocycles. The number of hydrogen-bond acceptors (Lipinski definition) is 12. The third-order valence-corrected chi connectivity index (χ3v) is 18.5. The van der Waals surface area contributed by atoms with Gasteiger partial charge in [0.05, 0.1) is 10.6 Å². The lowest BCUT2D eigenvalue weighted by Gasteiger charge is -2.43. The number of hydrogen-bond donors (Lipinski definition) is 3. The molecule has 0 saturated carbocycles. The SMILES string of the molecule is C[C@@]1(CN2CCNCC2)CCC(c2ccc(Cl)cc2)=C(CN2CCN(c3ccc(C(=O)NS(=O)(=O)c4ccc(N[C@H](CCN5CCCCC5)CSc5ccccc5)c(S(=O)(=O)C(F)(F)F)c4)cc3)CC2)C1. The van der Waals surface area contributed by atoms with E-state index < -0.39 is 47.1 Å². The minimum atomic E-state index is -6.04. The molecule has 3 aliphatic heterocycles. The van der Waals surface area contributed by atoms with Gasteiger partial charge in [0, 0.05) is 105 Å². The standard InChI is InChI=1S/C52H65ClF3N7O5S3/c1-51(38-62-28-23-57-24-29-62)22-20-47(39-10-14-42(53)15-11-39)41(35-51)36-61-30-32-63(33-31-61)44-16-12-40(13-17-44)50(64)59-71(67,68)46-18-19-48(49(34-46)70(65,66)52(54,55)56)58-43(21-27-60-25-6-3-7-26-60)37-69-45-8-4-2-5-9-45/h2,4-5,8-19,34,43,57-58H,3,6-7,20-33,35-38H2,1H3,(H,59,64)/t43-,51-/m1/s1. The summed E-state index contributed by atoms with van der Waals surface area (Å²) in [5, 5.41) is 7.22. The van der Waals surface area contributed by atoms with Crippen molar-refractivity contribution in [3.05, 3.63) is 119 Å². The zero-order valence-corrected chi connectivity index (χ0v) is 43.4. The van der Waals surface area contributed by atoms with Crippen LogP contribution in [-0.2, 0) is 19.9 Å². The second-order valence-corrected chi connectivity index (χ2v) is 24.7. The molecular formula is C52H65ClF3N7O5S3. The summed E-state index contributed by atoms with van der Waals surface area (Å²) in [5.74, 6) is -0.614. The molecule has 0 aromatic heterocycles. The van der Waals surface area contributed by atoms with Gasteiger partial charge in [-0.1, -0.05) is 60.9 Å². The van der Waals surface area contributed by atoms with Crippen LogP contribution in [0, 0.1) is 5.41 Å². The maximum Gasteiger partial charge on any atom is 0.501 e. The third-order valence-electron chi connectivity index (χ3n) is 14.2. The van der Waals surface area contributed by atoms with Crippen molar-refractivity contribution in [3.63, 3.8) is 0 Å². The predicted octanol–water partition coefficient (Wildman–Crippen LogP) is 8.87. The van der Waals surface area contributed by atoms with Crippen LogP contribution in [-0.4, -0.2) is 140 Å². The first-order valence-electron chi connectivity index (χ1n) is 24.6. The predicted molar refractivity (Wildman–Crippen MR) is 279 cm³/mol. The van der Waals surface area contributed by atoms with Crippen molar-refractivity contribution in [1.82, 2.24) is 24.7 Å². The Morgan fingerprint density at radius 1 is 0.817 bits per heavy atom. The van der Waals surface area contributed by atoms with Crippen LogP contribution in [0.4, 0.5) is 24.5 Å². The lowest BCUT2D eigenvalue weighted by atomic mass is 9.71. The highest BCUT2D eigenvalue weighted by molar-refractivity contribution is 7.99. The minimum absolute atomic E-state index is 0.00711. The number of carbonyl (C=O) groups is 1. The number of nitrogens with one attached hydrogen (secondary N) is 3. The largest absolute Gasteiger partial charge is 0.501 e. The monoisotopic (exact) mass is 1060 g/mol. The lowest BCUT2D eigenvalue weighted by molar-refractivity contribution is -0.0435. The van der Waals surface area contributed by atoms with Crippen LogP contribution < -0.4 is 20.3 Å². The van der Waals surface area contributed by atoms with E-state index in [1.54, 1.807) is 12.1 Å². The zero-order valence-electron chi connectivity index (χ0n) is 40.2. The molecule has 1 aliphatic carbocycles. The normalized spacial score (nSPS) is 20.7. The maximum absolute atomic E-state index is 14.3. The van der Waals surface area contributed by atoms with Crippen LogP contribution in [0.3, 0.4) is 0 Å². The molecular weight excluding hydrogens is 991 g/mol. The number of nitrogens with zero attached hydrogens (tertiary/aromatic N) is 4. The first-order chi connectivity index (χ1) is 33.9. The van der Waals surface area contributed by atoms with Crippen molar-refractivity contribution in [2.75, 3.05) is 101 Å². The number of halogens is 4. The molecule has 19 heteroatoms. The van der Waals surface area contributed by atoms with E-state index in [1.165, 1.54) is 40.6 Å². The number of rotatable bonds is 18. The van der Waals surface area contributed by atoms with Crippen molar-refractivity contribution < 1.29 is 34.8 Å². The molecule has 3 saturated heterocycles. The van der Waals surface area contributed by atoms with E-state index >= 15 is 0 Å². The van der Waals surface area contributed by atoms with Crippen molar-refractivity contribution >= 4 is 66.1 Å². The van der Waals surface area contributed by atoms with Crippen molar-refractivity contribution in [3.8, 4) is 0 Å². The van der Waals surface area contributed by atoms with Gasteiger partial charge < -0.3 is 25.3 Å². The molecule has 12 nitrogen and oxygen atoms in total. The smallest absolute Gasteiger partial charge is 0.380 e. The van der Waals surface area contributed by atoms with Gasteiger partial charge in [-0.3, -0.25) is 9.69 Å². The fourth-order valence-corrected chi connectivity index (χ4v) is 13.4. The summed E-state index contributed by atoms with van der Waals surface area (Å²) in [6.45, 7) is 14.1. The Morgan fingerprint density at radius 3 is 2.18 bits per heavy atom. The Balaban J connectivity index is 0.920. The Bertz CT molecular complexity index is 2700. The minimum Gasteiger partial charge on any atom is -0.380 e. The number of piperazine rings is 2. The fraction of sp³-hybridized carbons (Fsp3) is 0.481. The molecule has 71 heavy (non-hydrogen) atoms. The van der Waals surface area contributed by atoms with Crippen LogP contribution in [0.25, 0.3) is 5.57 Å². The van der Waals surface area contributed by atoms with Gasteiger partial charge in [0.25, 0.3) is 25.8 Å². The molecule has 3 fully saturated rings. The van der Waals surface area contributed by atoms with Crippen LogP contribution in [0.15, 0.2) is 117 Å². The molecule has 4 aromatic rings. The zero-order chi connectivity index (χ0) is 50.2. The number of thioether (sulfide) groups is 1. The van der Waals surface area contributed by atoms with Crippen LogP contribution >= 0.6 is 23.4 Å². The van der Waals surface area contributed by atoms with Crippen LogP contribution in [0.5, 0.6) is 0 Å². The molecule has 0 spiro atoms. The first kappa shape index (κ1) is 53.2. The van der Waals surface area contributed by atoms with Gasteiger partial charge in [0.1, 0.15) is 4.90 Å². The van der Waals surface area contributed by atoms with E-state index in [2.05, 4.69) is 49.3 Å². The number of anilines is 2. The molecule has 0 unspecified atom stereocenters. The van der Waals surface area contributed by atoms with Crippen molar-refractivity contribution in [2.45, 2.75) is 78.1 Å². The molecule has 384 valence electrons. The number of piperidine rings is 1. The second-order valence-electron chi connectivity index (χ2n) is 19.6. The molecule has 8 rings (SSSR count). The molecule has 4 aliphatic rings. The Kier molecular flexibility index (Phi) is 17.5. The molecule has 1 amide bonds. The van der Waals surface area contributed by atoms with Crippen molar-refractivity contribution in [1.29, 1.82) is 0 Å². The first-order valence-corrected chi connectivity index (χ1v) is 28.9. The van der Waals surface area contributed by atoms with Gasteiger partial charge in [-0.05, 0) is 135 Å². The number of alkyl halides is 3. The Morgan fingerprint density at radius 2 is 1.51 bits per heavy atom. The fourth-order valence-electron chi connectivity index (χ4n) is 10.3. The summed E-state index contributed by atoms with van der Waals surface area (Å²) >= 11 is 7.76. The van der Waals surface area contributed by atoms with Gasteiger partial charge in [0.15, 0.2) is 0 Å². The van der Waals surface area contributed by atoms with Crippen LogP contribution in [0.2, 0.25) is 5.02 Å². The highest BCUT2D eigenvalue weighted by Gasteiger charge is 2.48. The topological polar surface area (TPSA) is 134 Å². The molecule has 2 atom stereocenters. The second kappa shape index (κ2) is 23.4. The van der Waals surface area contributed by atoms with E-state index in [4.69, 9.17) is 11.6 Å². The van der Waals surface area contributed by atoms with E-state index in [-0.39, 0.29) is 16.7 Å². The van der Waals surface area contributed by atoms with Gasteiger partial charge >= 0.3 is 5.51 Å². The summed E-state index contributed by atoms with van der Waals surface area (Å²) in [5.41, 5.74) is -0.955. The third kappa shape index (κ3) is 13.9. The summed E-state index contributed by atoms with van der Waals surface area (Å²) in [6, 6.07) is 26.2. The number of carbonyl (C=O) groups excluding carboxylic acids is 1. The summed E-state index contributed by atoms with van der Waals surface area (Å²) in [6.07, 6.45) is 6.89. The average molecular weight is 1060 g/mol. The molecule has 3 heterocycles.